The second-order valence-electron chi connectivity index (χ2n) is 4.23. The molecule has 0 N–H and O–H groups in total. The molecule has 0 fully saturated rings. The summed E-state index contributed by atoms with van der Waals surface area (Å²) in [6, 6.07) is 11.4. The van der Waals surface area contributed by atoms with E-state index in [1.165, 1.54) is 0 Å². The first-order valence-electron chi connectivity index (χ1n) is 5.78. The Labute approximate surface area is 144 Å². The van der Waals surface area contributed by atoms with E-state index in [9.17, 15) is 0 Å². The predicted molar refractivity (Wildman–Crippen MR) is 93.4 cm³/mol. The lowest BCUT2D eigenvalue weighted by Gasteiger charge is -2.10. The molecule has 3 rings (SSSR count). The van der Waals surface area contributed by atoms with Crippen molar-refractivity contribution in [2.24, 2.45) is 0 Å². The second kappa shape index (κ2) is 5.72. The van der Waals surface area contributed by atoms with Gasteiger partial charge in [0.15, 0.2) is 0 Å². The van der Waals surface area contributed by atoms with Crippen LogP contribution >= 0.6 is 57.4 Å². The number of imidazole rings is 1. The van der Waals surface area contributed by atoms with Crippen LogP contribution in [0, 0.1) is 3.57 Å². The summed E-state index contributed by atoms with van der Waals surface area (Å²) >= 11 is 20.7. The number of rotatable bonds is 2. The monoisotopic (exact) mass is 436 g/mol. The maximum atomic E-state index is 6.30. The fourth-order valence-corrected chi connectivity index (χ4v) is 3.14. The van der Waals surface area contributed by atoms with E-state index >= 15 is 0 Å². The van der Waals surface area contributed by atoms with Gasteiger partial charge in [0.1, 0.15) is 5.82 Å². The summed E-state index contributed by atoms with van der Waals surface area (Å²) in [7, 11) is 0. The summed E-state index contributed by atoms with van der Waals surface area (Å²) < 4.78 is 3.07. The predicted octanol–water partition coefficient (Wildman–Crippen LogP) is 5.68. The zero-order valence-corrected chi connectivity index (χ0v) is 14.5. The van der Waals surface area contributed by atoms with Crippen LogP contribution in [0.3, 0.4) is 0 Å². The van der Waals surface area contributed by atoms with Crippen LogP contribution in [0.5, 0.6) is 0 Å². The van der Waals surface area contributed by atoms with Crippen LogP contribution in [0.1, 0.15) is 5.82 Å². The van der Waals surface area contributed by atoms with E-state index < -0.39 is 0 Å². The van der Waals surface area contributed by atoms with E-state index in [1.54, 1.807) is 12.1 Å². The Hall–Kier alpha value is -0.490. The molecule has 1 aromatic heterocycles. The highest BCUT2D eigenvalue weighted by atomic mass is 127. The Morgan fingerprint density at radius 1 is 1.10 bits per heavy atom. The first-order valence-corrected chi connectivity index (χ1v) is 8.15. The van der Waals surface area contributed by atoms with Gasteiger partial charge in [-0.3, -0.25) is 4.57 Å². The summed E-state index contributed by atoms with van der Waals surface area (Å²) in [6.45, 7) is 0. The summed E-state index contributed by atoms with van der Waals surface area (Å²) in [5.74, 6) is 1.04. The number of benzene rings is 2. The molecule has 0 spiro atoms. The normalized spacial score (nSPS) is 11.2. The third-order valence-electron chi connectivity index (χ3n) is 2.95. The summed E-state index contributed by atoms with van der Waals surface area (Å²) in [4.78, 5) is 4.56. The first kappa shape index (κ1) is 14.4. The van der Waals surface area contributed by atoms with Crippen LogP contribution in [-0.4, -0.2) is 9.55 Å². The molecule has 6 heteroatoms. The van der Waals surface area contributed by atoms with Gasteiger partial charge in [0.2, 0.25) is 0 Å². The molecule has 2 nitrogen and oxygen atoms in total. The minimum atomic E-state index is 0.300. The SMILES string of the molecule is ClCc1nc2cc(I)ccc2n1-c1cc(Cl)ccc1Cl. The molecule has 0 bridgehead atoms. The Balaban J connectivity index is 2.37. The molecule has 20 heavy (non-hydrogen) atoms. The number of aromatic nitrogens is 2. The second-order valence-corrected chi connectivity index (χ2v) is 6.58. The van der Waals surface area contributed by atoms with Gasteiger partial charge < -0.3 is 0 Å². The zero-order chi connectivity index (χ0) is 14.3. The van der Waals surface area contributed by atoms with Gasteiger partial charge in [-0.25, -0.2) is 4.98 Å². The van der Waals surface area contributed by atoms with E-state index in [0.717, 1.165) is 26.1 Å². The molecule has 0 saturated heterocycles. The van der Waals surface area contributed by atoms with Crippen LogP contribution in [0.15, 0.2) is 36.4 Å². The zero-order valence-electron chi connectivity index (χ0n) is 10.1. The molecule has 0 atom stereocenters. The van der Waals surface area contributed by atoms with Gasteiger partial charge in [0.05, 0.1) is 27.6 Å². The van der Waals surface area contributed by atoms with Crippen molar-refractivity contribution in [3.8, 4) is 5.69 Å². The molecular formula is C14H8Cl3IN2. The van der Waals surface area contributed by atoms with Gasteiger partial charge in [-0.1, -0.05) is 23.2 Å². The van der Waals surface area contributed by atoms with Crippen LogP contribution in [0.25, 0.3) is 16.7 Å². The first-order chi connectivity index (χ1) is 9.60. The van der Waals surface area contributed by atoms with Gasteiger partial charge in [0.25, 0.3) is 0 Å². The third-order valence-corrected chi connectivity index (χ3v) is 4.42. The molecule has 0 unspecified atom stereocenters. The largest absolute Gasteiger partial charge is 0.294 e. The maximum Gasteiger partial charge on any atom is 0.129 e. The minimum Gasteiger partial charge on any atom is -0.294 e. The highest BCUT2D eigenvalue weighted by molar-refractivity contribution is 14.1. The lowest BCUT2D eigenvalue weighted by atomic mass is 10.2. The molecule has 0 amide bonds. The van der Waals surface area contributed by atoms with E-state index in [4.69, 9.17) is 34.8 Å². The van der Waals surface area contributed by atoms with E-state index in [1.807, 2.05) is 28.8 Å². The van der Waals surface area contributed by atoms with Gasteiger partial charge in [0, 0.05) is 8.59 Å². The lowest BCUT2D eigenvalue weighted by Crippen LogP contribution is -2.00. The highest BCUT2D eigenvalue weighted by Gasteiger charge is 2.14. The van der Waals surface area contributed by atoms with Crippen molar-refractivity contribution in [3.63, 3.8) is 0 Å². The van der Waals surface area contributed by atoms with Gasteiger partial charge >= 0.3 is 0 Å². The Kier molecular flexibility index (Phi) is 4.13. The van der Waals surface area contributed by atoms with Crippen LogP contribution < -0.4 is 0 Å². The van der Waals surface area contributed by atoms with Crippen molar-refractivity contribution in [2.75, 3.05) is 0 Å². The number of fused-ring (bicyclic) bond motifs is 1. The summed E-state index contributed by atoms with van der Waals surface area (Å²) in [5, 5.41) is 1.23. The van der Waals surface area contributed by atoms with Gasteiger partial charge in [-0.05, 0) is 59.0 Å². The molecule has 0 aliphatic rings. The fourth-order valence-electron chi connectivity index (χ4n) is 2.12. The smallest absolute Gasteiger partial charge is 0.129 e. The maximum absolute atomic E-state index is 6.30. The van der Waals surface area contributed by atoms with Crippen molar-refractivity contribution < 1.29 is 0 Å². The van der Waals surface area contributed by atoms with Crippen molar-refractivity contribution in [1.29, 1.82) is 0 Å². The van der Waals surface area contributed by atoms with Crippen molar-refractivity contribution in [2.45, 2.75) is 5.88 Å². The molecule has 0 saturated carbocycles. The minimum absolute atomic E-state index is 0.300. The quantitative estimate of drug-likeness (QED) is 0.373. The molecule has 102 valence electrons. The van der Waals surface area contributed by atoms with Crippen LogP contribution in [-0.2, 0) is 5.88 Å². The molecule has 0 aliphatic carbocycles. The number of alkyl halides is 1. The van der Waals surface area contributed by atoms with E-state index in [0.29, 0.717) is 15.9 Å². The van der Waals surface area contributed by atoms with E-state index in [2.05, 4.69) is 27.6 Å². The number of halogens is 4. The molecule has 0 aliphatic heterocycles. The highest BCUT2D eigenvalue weighted by Crippen LogP contribution is 2.30. The lowest BCUT2D eigenvalue weighted by molar-refractivity contribution is 0.982. The van der Waals surface area contributed by atoms with Crippen molar-refractivity contribution in [3.05, 3.63) is 55.8 Å². The molecule has 0 radical (unpaired) electrons. The van der Waals surface area contributed by atoms with Crippen molar-refractivity contribution in [1.82, 2.24) is 9.55 Å². The standard InChI is InChI=1S/C14H8Cl3IN2/c15-7-14-19-11-6-9(18)2-4-12(11)20(14)13-5-8(16)1-3-10(13)17/h1-6H,7H2. The van der Waals surface area contributed by atoms with Gasteiger partial charge in [-0.2, -0.15) is 0 Å². The molecule has 1 heterocycles. The Morgan fingerprint density at radius 3 is 2.65 bits per heavy atom. The van der Waals surface area contributed by atoms with Crippen LogP contribution in [0.4, 0.5) is 0 Å². The summed E-state index contributed by atoms with van der Waals surface area (Å²) in [6.07, 6.45) is 0. The number of hydrogen-bond donors (Lipinski definition) is 0. The average Bonchev–Trinajstić information content (AvgIpc) is 2.78. The molecule has 3 aromatic rings. The van der Waals surface area contributed by atoms with Crippen molar-refractivity contribution >= 4 is 68.4 Å². The number of hydrogen-bond acceptors (Lipinski definition) is 1. The van der Waals surface area contributed by atoms with Crippen LogP contribution in [0.2, 0.25) is 10.0 Å². The fraction of sp³-hybridized carbons (Fsp3) is 0.0714. The number of nitrogens with zero attached hydrogens (tertiary/aromatic N) is 2. The van der Waals surface area contributed by atoms with E-state index in [-0.39, 0.29) is 0 Å². The molecule has 2 aromatic carbocycles. The molecular weight excluding hydrogens is 429 g/mol. The third kappa shape index (κ3) is 2.52. The Bertz CT molecular complexity index is 798. The summed E-state index contributed by atoms with van der Waals surface area (Å²) in [5.41, 5.74) is 2.65. The van der Waals surface area contributed by atoms with Gasteiger partial charge in [-0.15, -0.1) is 11.6 Å². The topological polar surface area (TPSA) is 17.8 Å². The Morgan fingerprint density at radius 2 is 1.90 bits per heavy atom. The average molecular weight is 437 g/mol.